The molecule has 27 heavy (non-hydrogen) atoms. The maximum atomic E-state index is 12.9. The average molecular weight is 376 g/mol. The van der Waals surface area contributed by atoms with Crippen LogP contribution in [-0.2, 0) is 23.1 Å². The second-order valence-electron chi connectivity index (χ2n) is 8.23. The molecule has 1 aromatic rings. The molecule has 0 bridgehead atoms. The molecule has 0 aliphatic carbocycles. The van der Waals surface area contributed by atoms with Gasteiger partial charge in [-0.05, 0) is 32.2 Å². The summed E-state index contributed by atoms with van der Waals surface area (Å²) in [5.74, 6) is 1.68. The zero-order valence-corrected chi connectivity index (χ0v) is 16.6. The Kier molecular flexibility index (Phi) is 6.10. The first kappa shape index (κ1) is 18.9. The number of imidazole rings is 1. The van der Waals surface area contributed by atoms with E-state index in [-0.39, 0.29) is 5.92 Å². The van der Waals surface area contributed by atoms with Crippen molar-refractivity contribution in [2.75, 3.05) is 52.5 Å². The van der Waals surface area contributed by atoms with E-state index in [1.54, 1.807) is 0 Å². The molecular weight excluding hydrogens is 342 g/mol. The van der Waals surface area contributed by atoms with Gasteiger partial charge in [-0.15, -0.1) is 0 Å². The molecule has 150 valence electrons. The van der Waals surface area contributed by atoms with E-state index in [1.165, 1.54) is 12.8 Å². The Morgan fingerprint density at radius 3 is 2.63 bits per heavy atom. The van der Waals surface area contributed by atoms with Gasteiger partial charge in [0.05, 0.1) is 25.7 Å². The molecule has 0 radical (unpaired) electrons. The van der Waals surface area contributed by atoms with Crippen molar-refractivity contribution in [1.29, 1.82) is 0 Å². The number of hydrogen-bond donors (Lipinski definition) is 0. The van der Waals surface area contributed by atoms with E-state index in [2.05, 4.69) is 26.4 Å². The topological polar surface area (TPSA) is 53.8 Å². The average Bonchev–Trinajstić information content (AvgIpc) is 3.13. The van der Waals surface area contributed by atoms with Crippen LogP contribution in [0.1, 0.15) is 31.5 Å². The third-order valence-corrected chi connectivity index (χ3v) is 6.48. The van der Waals surface area contributed by atoms with Crippen molar-refractivity contribution in [1.82, 2.24) is 24.3 Å². The van der Waals surface area contributed by atoms with Gasteiger partial charge in [0.25, 0.3) is 0 Å². The Labute approximate surface area is 162 Å². The van der Waals surface area contributed by atoms with Gasteiger partial charge in [0.15, 0.2) is 0 Å². The number of rotatable bonds is 4. The number of hydrogen-bond acceptors (Lipinski definition) is 5. The Morgan fingerprint density at radius 2 is 1.93 bits per heavy atom. The minimum atomic E-state index is 0.183. The van der Waals surface area contributed by atoms with Gasteiger partial charge in [-0.2, -0.15) is 0 Å². The molecule has 3 saturated heterocycles. The van der Waals surface area contributed by atoms with Crippen LogP contribution in [0.15, 0.2) is 12.4 Å². The highest BCUT2D eigenvalue weighted by Gasteiger charge is 2.34. The maximum absolute atomic E-state index is 12.9. The molecule has 0 aromatic carbocycles. The molecule has 3 aliphatic rings. The van der Waals surface area contributed by atoms with Crippen LogP contribution in [0.4, 0.5) is 0 Å². The third kappa shape index (κ3) is 4.52. The van der Waals surface area contributed by atoms with Crippen LogP contribution in [0, 0.1) is 5.92 Å². The molecule has 3 aliphatic heterocycles. The SMILES string of the molecule is Cn1ccnc1CN1CCC(N2CCC[C@@H](C(=O)N3CCOCC3)C2)CC1. The summed E-state index contributed by atoms with van der Waals surface area (Å²) < 4.78 is 7.50. The summed E-state index contributed by atoms with van der Waals surface area (Å²) in [6, 6.07) is 0.628. The van der Waals surface area contributed by atoms with Gasteiger partial charge in [-0.1, -0.05) is 0 Å². The number of aromatic nitrogens is 2. The fourth-order valence-electron chi connectivity index (χ4n) is 4.77. The number of morpholine rings is 1. The Bertz CT molecular complexity index is 620. The lowest BCUT2D eigenvalue weighted by Gasteiger charge is -2.43. The molecule has 1 amide bonds. The summed E-state index contributed by atoms with van der Waals surface area (Å²) in [7, 11) is 2.06. The van der Waals surface area contributed by atoms with Gasteiger partial charge in [0.2, 0.25) is 5.91 Å². The van der Waals surface area contributed by atoms with Crippen molar-refractivity contribution in [3.63, 3.8) is 0 Å². The lowest BCUT2D eigenvalue weighted by Crippen LogP contribution is -2.52. The molecule has 4 rings (SSSR count). The molecule has 7 nitrogen and oxygen atoms in total. The fraction of sp³-hybridized carbons (Fsp3) is 0.800. The van der Waals surface area contributed by atoms with Gasteiger partial charge in [0.1, 0.15) is 5.82 Å². The Balaban J connectivity index is 1.26. The standard InChI is InChI=1S/C20H33N5O2/c1-22-10-6-21-19(22)16-23-8-4-18(5-9-23)25-7-2-3-17(15-25)20(26)24-11-13-27-14-12-24/h6,10,17-18H,2-5,7-9,11-16H2,1H3/t17-/m1/s1. The number of ether oxygens (including phenoxy) is 1. The van der Waals surface area contributed by atoms with Crippen LogP contribution in [-0.4, -0.2) is 88.7 Å². The van der Waals surface area contributed by atoms with E-state index < -0.39 is 0 Å². The highest BCUT2D eigenvalue weighted by molar-refractivity contribution is 5.79. The van der Waals surface area contributed by atoms with Crippen molar-refractivity contribution in [2.24, 2.45) is 13.0 Å². The summed E-state index contributed by atoms with van der Waals surface area (Å²) in [6.07, 6.45) is 8.48. The predicted molar refractivity (Wildman–Crippen MR) is 103 cm³/mol. The molecule has 0 spiro atoms. The molecule has 4 heterocycles. The minimum absolute atomic E-state index is 0.183. The van der Waals surface area contributed by atoms with Crippen molar-refractivity contribution in [3.05, 3.63) is 18.2 Å². The molecule has 7 heteroatoms. The summed E-state index contributed by atoms with van der Waals surface area (Å²) in [5.41, 5.74) is 0. The van der Waals surface area contributed by atoms with Crippen molar-refractivity contribution >= 4 is 5.91 Å². The van der Waals surface area contributed by atoms with E-state index in [1.807, 2.05) is 17.3 Å². The van der Waals surface area contributed by atoms with Crippen molar-refractivity contribution < 1.29 is 9.53 Å². The first-order valence-electron chi connectivity index (χ1n) is 10.5. The van der Waals surface area contributed by atoms with Crippen LogP contribution in [0.3, 0.4) is 0 Å². The first-order valence-corrected chi connectivity index (χ1v) is 10.5. The minimum Gasteiger partial charge on any atom is -0.378 e. The molecule has 0 saturated carbocycles. The summed E-state index contributed by atoms with van der Waals surface area (Å²) in [6.45, 7) is 8.19. The second kappa shape index (κ2) is 8.71. The fourth-order valence-corrected chi connectivity index (χ4v) is 4.77. The van der Waals surface area contributed by atoms with Crippen LogP contribution >= 0.6 is 0 Å². The van der Waals surface area contributed by atoms with E-state index in [9.17, 15) is 4.79 Å². The molecule has 1 atom stereocenters. The van der Waals surface area contributed by atoms with E-state index in [4.69, 9.17) is 4.74 Å². The number of aryl methyl sites for hydroxylation is 1. The molecule has 0 N–H and O–H groups in total. The third-order valence-electron chi connectivity index (χ3n) is 6.48. The number of carbonyl (C=O) groups excluding carboxylic acids is 1. The lowest BCUT2D eigenvalue weighted by molar-refractivity contribution is -0.142. The van der Waals surface area contributed by atoms with Crippen molar-refractivity contribution in [2.45, 2.75) is 38.3 Å². The smallest absolute Gasteiger partial charge is 0.227 e. The van der Waals surface area contributed by atoms with Crippen molar-refractivity contribution in [3.8, 4) is 0 Å². The Morgan fingerprint density at radius 1 is 1.15 bits per heavy atom. The summed E-state index contributed by atoms with van der Waals surface area (Å²) in [4.78, 5) is 24.5. The molecule has 3 fully saturated rings. The molecule has 1 aromatic heterocycles. The Hall–Kier alpha value is -1.44. The summed E-state index contributed by atoms with van der Waals surface area (Å²) in [5, 5.41) is 0. The first-order chi connectivity index (χ1) is 13.2. The van der Waals surface area contributed by atoms with E-state index >= 15 is 0 Å². The number of amides is 1. The number of likely N-dealkylation sites (tertiary alicyclic amines) is 2. The zero-order chi connectivity index (χ0) is 18.6. The number of piperidine rings is 2. The predicted octanol–water partition coefficient (Wildman–Crippen LogP) is 0.955. The zero-order valence-electron chi connectivity index (χ0n) is 16.6. The molecular formula is C20H33N5O2. The van der Waals surface area contributed by atoms with Crippen LogP contribution < -0.4 is 0 Å². The largest absolute Gasteiger partial charge is 0.378 e. The van der Waals surface area contributed by atoms with Gasteiger partial charge in [0, 0.05) is 58.2 Å². The monoisotopic (exact) mass is 375 g/mol. The number of nitrogens with zero attached hydrogens (tertiary/aromatic N) is 5. The van der Waals surface area contributed by atoms with Crippen LogP contribution in [0.25, 0.3) is 0 Å². The molecule has 0 unspecified atom stereocenters. The van der Waals surface area contributed by atoms with E-state index in [0.717, 1.165) is 64.5 Å². The normalized spacial score (nSPS) is 26.4. The van der Waals surface area contributed by atoms with Crippen LogP contribution in [0.2, 0.25) is 0 Å². The second-order valence-corrected chi connectivity index (χ2v) is 8.23. The van der Waals surface area contributed by atoms with E-state index in [0.29, 0.717) is 25.2 Å². The number of carbonyl (C=O) groups is 1. The van der Waals surface area contributed by atoms with Gasteiger partial charge < -0.3 is 14.2 Å². The van der Waals surface area contributed by atoms with Gasteiger partial charge >= 0.3 is 0 Å². The quantitative estimate of drug-likeness (QED) is 0.785. The highest BCUT2D eigenvalue weighted by atomic mass is 16.5. The van der Waals surface area contributed by atoms with Gasteiger partial charge in [-0.25, -0.2) is 4.98 Å². The highest BCUT2D eigenvalue weighted by Crippen LogP contribution is 2.25. The van der Waals surface area contributed by atoms with Crippen LogP contribution in [0.5, 0.6) is 0 Å². The lowest BCUT2D eigenvalue weighted by atomic mass is 9.92. The van der Waals surface area contributed by atoms with Gasteiger partial charge in [-0.3, -0.25) is 14.6 Å². The maximum Gasteiger partial charge on any atom is 0.227 e. The summed E-state index contributed by atoms with van der Waals surface area (Å²) >= 11 is 0.